The number of benzene rings is 1. The number of aromatic amines is 1. The SMILES string of the molecule is CCc1n[nH]c(CC)c1-c1ccc(NC(=O)[C@@H](NC(=O)c2ccnn2C(C)C)C(C2CC2)C2CC2)cc1. The third-order valence-electron chi connectivity index (χ3n) is 7.72. The Bertz CT molecular complexity index is 1220. The molecular weight excluding hydrogens is 464 g/mol. The van der Waals surface area contributed by atoms with Gasteiger partial charge in [-0.3, -0.25) is 19.4 Å². The van der Waals surface area contributed by atoms with Crippen LogP contribution in [0.4, 0.5) is 5.69 Å². The Balaban J connectivity index is 1.36. The number of aryl methyl sites for hydroxylation is 2. The molecule has 1 atom stereocenters. The highest BCUT2D eigenvalue weighted by molar-refractivity contribution is 6.01. The molecule has 2 fully saturated rings. The van der Waals surface area contributed by atoms with Crippen molar-refractivity contribution in [2.24, 2.45) is 17.8 Å². The minimum Gasteiger partial charge on any atom is -0.339 e. The van der Waals surface area contributed by atoms with Crippen LogP contribution in [0.15, 0.2) is 36.5 Å². The molecule has 2 aromatic heterocycles. The van der Waals surface area contributed by atoms with Crippen molar-refractivity contribution in [3.05, 3.63) is 53.6 Å². The largest absolute Gasteiger partial charge is 0.339 e. The van der Waals surface area contributed by atoms with Crippen molar-refractivity contribution in [2.45, 2.75) is 78.3 Å². The summed E-state index contributed by atoms with van der Waals surface area (Å²) in [6.45, 7) is 8.20. The Morgan fingerprint density at radius 1 is 1.03 bits per heavy atom. The fraction of sp³-hybridized carbons (Fsp3) is 0.517. The summed E-state index contributed by atoms with van der Waals surface area (Å²) in [6, 6.07) is 9.15. The van der Waals surface area contributed by atoms with Gasteiger partial charge in [0.1, 0.15) is 11.7 Å². The van der Waals surface area contributed by atoms with E-state index in [1.165, 1.54) is 0 Å². The zero-order valence-electron chi connectivity index (χ0n) is 22.3. The molecule has 3 aromatic rings. The van der Waals surface area contributed by atoms with E-state index in [2.05, 4.69) is 39.8 Å². The van der Waals surface area contributed by atoms with Crippen LogP contribution in [0.3, 0.4) is 0 Å². The van der Waals surface area contributed by atoms with Gasteiger partial charge < -0.3 is 10.6 Å². The Kier molecular flexibility index (Phi) is 7.17. The molecular formula is C29H38N6O2. The average Bonchev–Trinajstić information content (AvgIpc) is 3.82. The topological polar surface area (TPSA) is 105 Å². The molecule has 0 aliphatic heterocycles. The molecule has 0 saturated heterocycles. The lowest BCUT2D eigenvalue weighted by atomic mass is 9.88. The van der Waals surface area contributed by atoms with E-state index in [0.717, 1.165) is 66.7 Å². The smallest absolute Gasteiger partial charge is 0.270 e. The first-order valence-electron chi connectivity index (χ1n) is 13.7. The minimum atomic E-state index is -0.574. The number of nitrogens with zero attached hydrogens (tertiary/aromatic N) is 3. The number of aromatic nitrogens is 4. The number of hydrogen-bond acceptors (Lipinski definition) is 4. The summed E-state index contributed by atoms with van der Waals surface area (Å²) in [6.07, 6.45) is 7.88. The number of anilines is 1. The number of hydrogen-bond donors (Lipinski definition) is 3. The predicted octanol–water partition coefficient (Wildman–Crippen LogP) is 5.15. The lowest BCUT2D eigenvalue weighted by Gasteiger charge is -2.28. The first kappa shape index (κ1) is 25.2. The van der Waals surface area contributed by atoms with Gasteiger partial charge in [-0.25, -0.2) is 0 Å². The number of H-pyrrole nitrogens is 1. The molecule has 2 heterocycles. The molecule has 2 aliphatic carbocycles. The Hall–Kier alpha value is -3.42. The first-order chi connectivity index (χ1) is 17.9. The van der Waals surface area contributed by atoms with Gasteiger partial charge in [-0.15, -0.1) is 0 Å². The summed E-state index contributed by atoms with van der Waals surface area (Å²) in [5.74, 6) is 0.784. The first-order valence-corrected chi connectivity index (χ1v) is 13.7. The van der Waals surface area contributed by atoms with E-state index in [4.69, 9.17) is 0 Å². The standard InChI is InChI=1S/C29H38N6O2/c1-5-22-26(23(6-2)34-33-22)20-11-13-21(14-12-20)31-29(37)27(25(18-7-8-18)19-9-10-19)32-28(36)24-15-16-30-35(24)17(3)4/h11-19,25,27H,5-10H2,1-4H3,(H,31,37)(H,32,36)(H,33,34)/t27-/m0/s1. The summed E-state index contributed by atoms with van der Waals surface area (Å²) >= 11 is 0. The van der Waals surface area contributed by atoms with Gasteiger partial charge in [-0.05, 0) is 93.9 Å². The fourth-order valence-corrected chi connectivity index (χ4v) is 5.56. The molecule has 2 aliphatic rings. The van der Waals surface area contributed by atoms with Crippen LogP contribution in [0.25, 0.3) is 11.1 Å². The summed E-state index contributed by atoms with van der Waals surface area (Å²) in [5.41, 5.74) is 5.62. The van der Waals surface area contributed by atoms with Gasteiger partial charge in [0.05, 0.1) is 5.69 Å². The van der Waals surface area contributed by atoms with Crippen LogP contribution >= 0.6 is 0 Å². The average molecular weight is 503 g/mol. The second-order valence-electron chi connectivity index (χ2n) is 10.8. The molecule has 3 N–H and O–H groups in total. The second-order valence-corrected chi connectivity index (χ2v) is 10.8. The monoisotopic (exact) mass is 502 g/mol. The van der Waals surface area contributed by atoms with Crippen LogP contribution < -0.4 is 10.6 Å². The molecule has 1 aromatic carbocycles. The van der Waals surface area contributed by atoms with Crippen LogP contribution in [-0.2, 0) is 17.6 Å². The predicted molar refractivity (Wildman–Crippen MR) is 144 cm³/mol. The van der Waals surface area contributed by atoms with Crippen molar-refractivity contribution in [3.8, 4) is 11.1 Å². The van der Waals surface area contributed by atoms with E-state index in [0.29, 0.717) is 17.5 Å². The van der Waals surface area contributed by atoms with Crippen molar-refractivity contribution in [1.82, 2.24) is 25.3 Å². The van der Waals surface area contributed by atoms with Gasteiger partial charge in [0, 0.05) is 29.2 Å². The molecule has 2 saturated carbocycles. The maximum absolute atomic E-state index is 13.7. The third kappa shape index (κ3) is 5.33. The molecule has 0 unspecified atom stereocenters. The maximum atomic E-state index is 13.7. The summed E-state index contributed by atoms with van der Waals surface area (Å²) in [4.78, 5) is 27.0. The van der Waals surface area contributed by atoms with Gasteiger partial charge in [-0.1, -0.05) is 26.0 Å². The normalized spacial score (nSPS) is 16.3. The molecule has 0 radical (unpaired) electrons. The van der Waals surface area contributed by atoms with Gasteiger partial charge in [0.25, 0.3) is 5.91 Å². The van der Waals surface area contributed by atoms with E-state index in [1.54, 1.807) is 16.9 Å². The lowest BCUT2D eigenvalue weighted by Crippen LogP contribution is -2.50. The van der Waals surface area contributed by atoms with E-state index >= 15 is 0 Å². The molecule has 5 rings (SSSR count). The van der Waals surface area contributed by atoms with Crippen LogP contribution in [0.5, 0.6) is 0 Å². The van der Waals surface area contributed by atoms with E-state index in [1.807, 2.05) is 38.1 Å². The van der Waals surface area contributed by atoms with E-state index in [9.17, 15) is 9.59 Å². The molecule has 2 amide bonds. The van der Waals surface area contributed by atoms with Gasteiger partial charge in [0.15, 0.2) is 0 Å². The van der Waals surface area contributed by atoms with Gasteiger partial charge >= 0.3 is 0 Å². The zero-order valence-corrected chi connectivity index (χ0v) is 22.3. The molecule has 8 heteroatoms. The molecule has 0 bridgehead atoms. The van der Waals surface area contributed by atoms with Crippen LogP contribution in [0.2, 0.25) is 0 Å². The molecule has 0 spiro atoms. The highest BCUT2D eigenvalue weighted by atomic mass is 16.2. The van der Waals surface area contributed by atoms with Crippen molar-refractivity contribution >= 4 is 17.5 Å². The van der Waals surface area contributed by atoms with Crippen LogP contribution in [0, 0.1) is 17.8 Å². The lowest BCUT2D eigenvalue weighted by molar-refractivity contribution is -0.119. The van der Waals surface area contributed by atoms with Crippen LogP contribution in [0.1, 0.15) is 81.3 Å². The number of nitrogens with one attached hydrogen (secondary N) is 3. The van der Waals surface area contributed by atoms with Gasteiger partial charge in [0.2, 0.25) is 5.91 Å². The summed E-state index contributed by atoms with van der Waals surface area (Å²) in [7, 11) is 0. The number of amides is 2. The quantitative estimate of drug-likeness (QED) is 0.337. The Labute approximate surface area is 218 Å². The fourth-order valence-electron chi connectivity index (χ4n) is 5.56. The van der Waals surface area contributed by atoms with Crippen molar-refractivity contribution in [3.63, 3.8) is 0 Å². The van der Waals surface area contributed by atoms with Crippen LogP contribution in [-0.4, -0.2) is 37.8 Å². The van der Waals surface area contributed by atoms with Gasteiger partial charge in [-0.2, -0.15) is 10.2 Å². The number of carbonyl (C=O) groups excluding carboxylic acids is 2. The molecule has 37 heavy (non-hydrogen) atoms. The van der Waals surface area contributed by atoms with Crippen molar-refractivity contribution in [2.75, 3.05) is 5.32 Å². The molecule has 8 nitrogen and oxygen atoms in total. The highest BCUT2D eigenvalue weighted by Crippen LogP contribution is 2.51. The Morgan fingerprint density at radius 2 is 1.70 bits per heavy atom. The maximum Gasteiger partial charge on any atom is 0.270 e. The Morgan fingerprint density at radius 3 is 2.27 bits per heavy atom. The highest BCUT2D eigenvalue weighted by Gasteiger charge is 2.48. The number of rotatable bonds is 11. The number of carbonyl (C=O) groups is 2. The van der Waals surface area contributed by atoms with E-state index in [-0.39, 0.29) is 23.8 Å². The summed E-state index contributed by atoms with van der Waals surface area (Å²) in [5, 5.41) is 18.1. The molecule has 196 valence electrons. The van der Waals surface area contributed by atoms with E-state index < -0.39 is 6.04 Å². The third-order valence-corrected chi connectivity index (χ3v) is 7.72. The van der Waals surface area contributed by atoms with Crippen molar-refractivity contribution in [1.29, 1.82) is 0 Å². The minimum absolute atomic E-state index is 0.0564. The zero-order chi connectivity index (χ0) is 26.1. The second kappa shape index (κ2) is 10.5. The summed E-state index contributed by atoms with van der Waals surface area (Å²) < 4.78 is 1.71. The van der Waals surface area contributed by atoms with Crippen molar-refractivity contribution < 1.29 is 9.59 Å².